The molecule has 28 heavy (non-hydrogen) atoms. The number of thiazole rings is 1. The fourth-order valence-electron chi connectivity index (χ4n) is 3.22. The van der Waals surface area contributed by atoms with Crippen LogP contribution in [0, 0.1) is 11.6 Å². The fourth-order valence-corrected chi connectivity index (χ4v) is 4.26. The summed E-state index contributed by atoms with van der Waals surface area (Å²) in [4.78, 5) is 20.9. The minimum atomic E-state index is -0.830. The van der Waals surface area contributed by atoms with Crippen molar-refractivity contribution < 1.29 is 18.3 Å². The Morgan fingerprint density at radius 2 is 1.93 bits per heavy atom. The smallest absolute Gasteiger partial charge is 0.256 e. The number of carbonyl (C=O) groups excluding carboxylic acids is 1. The Kier molecular flexibility index (Phi) is 5.13. The molecule has 1 aliphatic heterocycles. The van der Waals surface area contributed by atoms with Crippen molar-refractivity contribution in [1.29, 1.82) is 0 Å². The summed E-state index contributed by atoms with van der Waals surface area (Å²) >= 11 is 1.58. The van der Waals surface area contributed by atoms with E-state index in [1.165, 1.54) is 6.07 Å². The number of anilines is 1. The lowest BCUT2D eigenvalue weighted by Gasteiger charge is -2.34. The lowest BCUT2D eigenvalue weighted by atomic mass is 10.1. The summed E-state index contributed by atoms with van der Waals surface area (Å²) in [5.41, 5.74) is 0.814. The number of fused-ring (bicyclic) bond motifs is 1. The standard InChI is InChI=1S/C20H19F2N3O2S/c1-2-27-14-4-6-17-18(12-14)28-20(23-17)25-9-7-24(8-10-25)19(26)15-5-3-13(21)11-16(15)22/h3-6,11-12H,2,7-10H2,1H3. The molecule has 3 aromatic rings. The molecule has 1 amide bonds. The summed E-state index contributed by atoms with van der Waals surface area (Å²) < 4.78 is 33.5. The molecule has 0 bridgehead atoms. The molecule has 2 heterocycles. The Hall–Kier alpha value is -2.74. The van der Waals surface area contributed by atoms with Gasteiger partial charge < -0.3 is 14.5 Å². The van der Waals surface area contributed by atoms with Gasteiger partial charge in [0.25, 0.3) is 5.91 Å². The molecular formula is C20H19F2N3O2S. The summed E-state index contributed by atoms with van der Waals surface area (Å²) in [6.45, 7) is 4.67. The van der Waals surface area contributed by atoms with E-state index in [2.05, 4.69) is 9.88 Å². The largest absolute Gasteiger partial charge is 0.494 e. The number of aromatic nitrogens is 1. The molecule has 5 nitrogen and oxygen atoms in total. The highest BCUT2D eigenvalue weighted by Gasteiger charge is 2.25. The van der Waals surface area contributed by atoms with Gasteiger partial charge in [-0.15, -0.1) is 0 Å². The molecular weight excluding hydrogens is 384 g/mol. The van der Waals surface area contributed by atoms with Crippen LogP contribution in [-0.2, 0) is 0 Å². The summed E-state index contributed by atoms with van der Waals surface area (Å²) in [5, 5.41) is 0.892. The molecule has 0 unspecified atom stereocenters. The van der Waals surface area contributed by atoms with Gasteiger partial charge >= 0.3 is 0 Å². The Labute approximate surface area is 165 Å². The number of halogens is 2. The van der Waals surface area contributed by atoms with Crippen molar-refractivity contribution in [2.24, 2.45) is 0 Å². The maximum absolute atomic E-state index is 13.9. The molecule has 1 aromatic heterocycles. The first-order chi connectivity index (χ1) is 13.5. The maximum atomic E-state index is 13.9. The van der Waals surface area contributed by atoms with Crippen molar-refractivity contribution in [3.63, 3.8) is 0 Å². The van der Waals surface area contributed by atoms with Crippen molar-refractivity contribution in [2.75, 3.05) is 37.7 Å². The second-order valence-electron chi connectivity index (χ2n) is 6.46. The van der Waals surface area contributed by atoms with Gasteiger partial charge in [0.05, 0.1) is 22.4 Å². The second-order valence-corrected chi connectivity index (χ2v) is 7.47. The molecule has 0 aliphatic carbocycles. The Morgan fingerprint density at radius 3 is 2.64 bits per heavy atom. The monoisotopic (exact) mass is 403 g/mol. The molecule has 0 radical (unpaired) electrons. The topological polar surface area (TPSA) is 45.7 Å². The maximum Gasteiger partial charge on any atom is 0.256 e. The molecule has 0 atom stereocenters. The van der Waals surface area contributed by atoms with Crippen LogP contribution in [0.5, 0.6) is 5.75 Å². The third-order valence-electron chi connectivity index (χ3n) is 4.66. The van der Waals surface area contributed by atoms with Gasteiger partial charge in [0.2, 0.25) is 0 Å². The lowest BCUT2D eigenvalue weighted by Crippen LogP contribution is -2.49. The average molecular weight is 403 g/mol. The van der Waals surface area contributed by atoms with E-state index >= 15 is 0 Å². The predicted octanol–water partition coefficient (Wildman–Crippen LogP) is 3.94. The molecule has 1 saturated heterocycles. The fraction of sp³-hybridized carbons (Fsp3) is 0.300. The van der Waals surface area contributed by atoms with Crippen LogP contribution in [0.2, 0.25) is 0 Å². The van der Waals surface area contributed by atoms with E-state index in [-0.39, 0.29) is 5.56 Å². The van der Waals surface area contributed by atoms with E-state index in [4.69, 9.17) is 4.74 Å². The number of benzene rings is 2. The Balaban J connectivity index is 1.45. The van der Waals surface area contributed by atoms with E-state index < -0.39 is 17.5 Å². The highest BCUT2D eigenvalue weighted by Crippen LogP contribution is 2.32. The zero-order valence-electron chi connectivity index (χ0n) is 15.3. The van der Waals surface area contributed by atoms with Gasteiger partial charge in [-0.1, -0.05) is 11.3 Å². The molecule has 0 saturated carbocycles. The van der Waals surface area contributed by atoms with Crippen LogP contribution in [0.1, 0.15) is 17.3 Å². The van der Waals surface area contributed by atoms with Crippen LogP contribution in [0.3, 0.4) is 0 Å². The Bertz CT molecular complexity index is 1020. The van der Waals surface area contributed by atoms with E-state index in [0.29, 0.717) is 32.8 Å². The number of hydrogen-bond acceptors (Lipinski definition) is 5. The van der Waals surface area contributed by atoms with Crippen LogP contribution < -0.4 is 9.64 Å². The van der Waals surface area contributed by atoms with Crippen molar-refractivity contribution in [1.82, 2.24) is 9.88 Å². The number of amides is 1. The van der Waals surface area contributed by atoms with Crippen molar-refractivity contribution >= 4 is 32.6 Å². The van der Waals surface area contributed by atoms with Gasteiger partial charge in [0.1, 0.15) is 17.4 Å². The first-order valence-corrected chi connectivity index (χ1v) is 9.89. The van der Waals surface area contributed by atoms with Gasteiger partial charge in [-0.05, 0) is 37.3 Å². The van der Waals surface area contributed by atoms with Gasteiger partial charge in [-0.3, -0.25) is 4.79 Å². The molecule has 4 rings (SSSR count). The minimum Gasteiger partial charge on any atom is -0.494 e. The number of piperazine rings is 1. The highest BCUT2D eigenvalue weighted by molar-refractivity contribution is 7.22. The first kappa shape index (κ1) is 18.6. The number of hydrogen-bond donors (Lipinski definition) is 0. The van der Waals surface area contributed by atoms with Crippen LogP contribution >= 0.6 is 11.3 Å². The van der Waals surface area contributed by atoms with Gasteiger partial charge in [-0.2, -0.15) is 0 Å². The highest BCUT2D eigenvalue weighted by atomic mass is 32.1. The lowest BCUT2D eigenvalue weighted by molar-refractivity contribution is 0.0742. The normalized spacial score (nSPS) is 14.5. The number of nitrogens with zero attached hydrogens (tertiary/aromatic N) is 3. The third-order valence-corrected chi connectivity index (χ3v) is 5.74. The van der Waals surface area contributed by atoms with Crippen LogP contribution in [0.4, 0.5) is 13.9 Å². The van der Waals surface area contributed by atoms with Crippen molar-refractivity contribution in [2.45, 2.75) is 6.92 Å². The summed E-state index contributed by atoms with van der Waals surface area (Å²) in [5.74, 6) is -1.12. The van der Waals surface area contributed by atoms with Crippen LogP contribution in [-0.4, -0.2) is 48.6 Å². The van der Waals surface area contributed by atoms with Gasteiger partial charge in [0, 0.05) is 32.2 Å². The number of rotatable bonds is 4. The van der Waals surface area contributed by atoms with Crippen molar-refractivity contribution in [3.8, 4) is 5.75 Å². The molecule has 1 fully saturated rings. The van der Waals surface area contributed by atoms with Gasteiger partial charge in [0.15, 0.2) is 5.13 Å². The summed E-state index contributed by atoms with van der Waals surface area (Å²) in [6.07, 6.45) is 0. The van der Waals surface area contributed by atoms with Crippen LogP contribution in [0.25, 0.3) is 10.2 Å². The average Bonchev–Trinajstić information content (AvgIpc) is 3.11. The predicted molar refractivity (Wildman–Crippen MR) is 105 cm³/mol. The van der Waals surface area contributed by atoms with E-state index in [9.17, 15) is 13.6 Å². The summed E-state index contributed by atoms with van der Waals surface area (Å²) in [7, 11) is 0. The molecule has 2 aromatic carbocycles. The number of ether oxygens (including phenoxy) is 1. The van der Waals surface area contributed by atoms with Gasteiger partial charge in [-0.25, -0.2) is 13.8 Å². The van der Waals surface area contributed by atoms with E-state index in [0.717, 1.165) is 33.2 Å². The Morgan fingerprint density at radius 1 is 1.14 bits per heavy atom. The first-order valence-electron chi connectivity index (χ1n) is 9.08. The third kappa shape index (κ3) is 3.64. The molecule has 0 spiro atoms. The van der Waals surface area contributed by atoms with Crippen LogP contribution in [0.15, 0.2) is 36.4 Å². The minimum absolute atomic E-state index is 0.0988. The zero-order valence-corrected chi connectivity index (χ0v) is 16.1. The summed E-state index contributed by atoms with van der Waals surface area (Å²) in [6, 6.07) is 8.87. The van der Waals surface area contributed by atoms with Crippen molar-refractivity contribution in [3.05, 3.63) is 53.6 Å². The molecule has 146 valence electrons. The molecule has 1 aliphatic rings. The zero-order chi connectivity index (χ0) is 19.7. The SMILES string of the molecule is CCOc1ccc2nc(N3CCN(C(=O)c4ccc(F)cc4F)CC3)sc2c1. The second kappa shape index (κ2) is 7.71. The van der Waals surface area contributed by atoms with E-state index in [1.807, 2.05) is 25.1 Å². The quantitative estimate of drug-likeness (QED) is 0.662. The molecule has 8 heteroatoms. The molecule has 0 N–H and O–H groups in total. The van der Waals surface area contributed by atoms with E-state index in [1.54, 1.807) is 16.2 Å². The number of carbonyl (C=O) groups is 1.